The van der Waals surface area contributed by atoms with E-state index in [0.717, 1.165) is 49.6 Å². The van der Waals surface area contributed by atoms with Crippen LogP contribution >= 0.6 is 51.3 Å². The normalized spacial score (nSPS) is 22.0. The highest BCUT2D eigenvalue weighted by molar-refractivity contribution is 9.09. The second kappa shape index (κ2) is 12.9. The van der Waals surface area contributed by atoms with Gasteiger partial charge in [-0.3, -0.25) is 9.69 Å². The number of ether oxygens (including phenoxy) is 1. The molecule has 0 radical (unpaired) electrons. The van der Waals surface area contributed by atoms with Crippen LogP contribution in [0.1, 0.15) is 57.1 Å². The molecule has 194 valence electrons. The molecule has 0 unspecified atom stereocenters. The first kappa shape index (κ1) is 30.1. The van der Waals surface area contributed by atoms with Crippen molar-refractivity contribution in [2.75, 3.05) is 22.2 Å². The van der Waals surface area contributed by atoms with Gasteiger partial charge in [-0.2, -0.15) is 18.4 Å². The van der Waals surface area contributed by atoms with E-state index in [0.29, 0.717) is 6.61 Å². The Morgan fingerprint density at radius 1 is 1.26 bits per heavy atom. The van der Waals surface area contributed by atoms with Crippen molar-refractivity contribution in [3.05, 3.63) is 29.3 Å². The molecular formula is C23H27BrCl2F3N3O2S. The summed E-state index contributed by atoms with van der Waals surface area (Å²) in [4.78, 5) is 16.3. The number of nitriles is 1. The molecule has 12 heteroatoms. The van der Waals surface area contributed by atoms with Crippen LogP contribution in [0, 0.1) is 11.3 Å². The van der Waals surface area contributed by atoms with Gasteiger partial charge in [0.15, 0.2) is 5.11 Å². The van der Waals surface area contributed by atoms with E-state index in [4.69, 9.17) is 45.4 Å². The highest BCUT2D eigenvalue weighted by atomic mass is 79.9. The zero-order valence-corrected chi connectivity index (χ0v) is 23.3. The van der Waals surface area contributed by atoms with Crippen LogP contribution in [0.25, 0.3) is 0 Å². The van der Waals surface area contributed by atoms with Gasteiger partial charge >= 0.3 is 6.18 Å². The molecule has 35 heavy (non-hydrogen) atoms. The number of hydrogen-bond donors (Lipinski definition) is 0. The molecule has 2 aliphatic rings. The lowest BCUT2D eigenvalue weighted by molar-refractivity contribution is -0.137. The Morgan fingerprint density at radius 3 is 2.37 bits per heavy atom. The fraction of sp³-hybridized carbons (Fsp3) is 0.609. The van der Waals surface area contributed by atoms with Crippen molar-refractivity contribution < 1.29 is 22.7 Å². The lowest BCUT2D eigenvalue weighted by atomic mass is 9.89. The van der Waals surface area contributed by atoms with E-state index < -0.39 is 22.8 Å². The van der Waals surface area contributed by atoms with Gasteiger partial charge in [-0.05, 0) is 76.4 Å². The molecule has 0 N–H and O–H groups in total. The fourth-order valence-electron chi connectivity index (χ4n) is 4.43. The molecule has 1 aliphatic carbocycles. The molecule has 0 bridgehead atoms. The van der Waals surface area contributed by atoms with Crippen molar-refractivity contribution in [1.29, 1.82) is 5.26 Å². The zero-order valence-electron chi connectivity index (χ0n) is 19.4. The Morgan fingerprint density at radius 2 is 1.86 bits per heavy atom. The number of anilines is 1. The second-order valence-corrected chi connectivity index (χ2v) is 10.6. The van der Waals surface area contributed by atoms with Crippen LogP contribution in [0.5, 0.6) is 0 Å². The summed E-state index contributed by atoms with van der Waals surface area (Å²) in [5, 5.41) is 10.3. The van der Waals surface area contributed by atoms with Crippen molar-refractivity contribution in [3.8, 4) is 6.07 Å². The van der Waals surface area contributed by atoms with Crippen LogP contribution in [0.15, 0.2) is 18.2 Å². The molecule has 1 heterocycles. The number of carbonyl (C=O) groups is 1. The molecule has 3 rings (SSSR count). The number of rotatable bonds is 6. The molecule has 1 aromatic carbocycles. The van der Waals surface area contributed by atoms with Gasteiger partial charge < -0.3 is 9.64 Å². The third-order valence-corrected chi connectivity index (χ3v) is 6.99. The predicted octanol–water partition coefficient (Wildman–Crippen LogP) is 6.82. The first-order valence-electron chi connectivity index (χ1n) is 11.0. The van der Waals surface area contributed by atoms with E-state index in [1.165, 1.54) is 11.0 Å². The number of amides is 1. The number of carbonyl (C=O) groups excluding carboxylic acids is 1. The predicted molar refractivity (Wildman–Crippen MR) is 139 cm³/mol. The summed E-state index contributed by atoms with van der Waals surface area (Å²) in [5.74, 6) is -0.379. The standard InChI is InChI=1S/C22H25BrF3N3O2S.CH2Cl2/c1-21(2)19(30)28(16-5-4-14(13-27)18(12-16)22(24,25)26)20(32)29(21)15-6-8-17(9-7-15)31-11-3-10-23;2-1-3/h4-5,12,15,17H,3,6-11H2,1-2H3;1H2. The average molecular weight is 617 g/mol. The van der Waals surface area contributed by atoms with Gasteiger partial charge in [0.1, 0.15) is 5.54 Å². The summed E-state index contributed by atoms with van der Waals surface area (Å²) in [5.41, 5.74) is -2.54. The maximum atomic E-state index is 13.5. The van der Waals surface area contributed by atoms with Gasteiger partial charge in [0.25, 0.3) is 5.91 Å². The monoisotopic (exact) mass is 615 g/mol. The number of alkyl halides is 6. The molecular weight excluding hydrogens is 590 g/mol. The Kier molecular flexibility index (Phi) is 11.1. The SMILES string of the molecule is CC1(C)C(=O)N(c2ccc(C#N)c(C(F)(F)F)c2)C(=S)N1C1CCC(OCCCBr)CC1.ClCCl. The van der Waals surface area contributed by atoms with Crippen molar-refractivity contribution in [2.45, 2.75) is 69.8 Å². The van der Waals surface area contributed by atoms with Crippen LogP contribution in [0.4, 0.5) is 18.9 Å². The lowest BCUT2D eigenvalue weighted by Crippen LogP contribution is -2.51. The molecule has 1 saturated heterocycles. The third-order valence-electron chi connectivity index (χ3n) is 6.05. The second-order valence-electron chi connectivity index (χ2n) is 8.64. The number of nitrogens with zero attached hydrogens (tertiary/aromatic N) is 3. The topological polar surface area (TPSA) is 56.6 Å². The van der Waals surface area contributed by atoms with Crippen molar-refractivity contribution in [1.82, 2.24) is 4.90 Å². The Balaban J connectivity index is 0.00000137. The van der Waals surface area contributed by atoms with Crippen LogP contribution in [-0.4, -0.2) is 50.9 Å². The summed E-state index contributed by atoms with van der Waals surface area (Å²) in [6, 6.07) is 4.82. The minimum Gasteiger partial charge on any atom is -0.378 e. The molecule has 1 saturated carbocycles. The number of benzene rings is 1. The molecule has 1 amide bonds. The lowest BCUT2D eigenvalue weighted by Gasteiger charge is -2.40. The Bertz CT molecular complexity index is 951. The van der Waals surface area contributed by atoms with Gasteiger partial charge in [-0.1, -0.05) is 15.9 Å². The molecule has 0 aromatic heterocycles. The molecule has 0 atom stereocenters. The average Bonchev–Trinajstić information content (AvgIpc) is 2.98. The van der Waals surface area contributed by atoms with E-state index in [1.54, 1.807) is 19.9 Å². The first-order valence-corrected chi connectivity index (χ1v) is 13.6. The summed E-state index contributed by atoms with van der Waals surface area (Å²) in [7, 11) is 0. The smallest absolute Gasteiger partial charge is 0.378 e. The minimum absolute atomic E-state index is 0.00273. The van der Waals surface area contributed by atoms with Crippen molar-refractivity contribution in [2.24, 2.45) is 0 Å². The van der Waals surface area contributed by atoms with Gasteiger partial charge in [0.05, 0.1) is 34.3 Å². The zero-order chi connectivity index (χ0) is 26.4. The molecule has 2 fully saturated rings. The summed E-state index contributed by atoms with van der Waals surface area (Å²) < 4.78 is 46.3. The van der Waals surface area contributed by atoms with Gasteiger partial charge in [-0.25, -0.2) is 0 Å². The summed E-state index contributed by atoms with van der Waals surface area (Å²) in [6.45, 7) is 4.18. The maximum absolute atomic E-state index is 13.5. The Hall–Kier alpha value is -1.12. The van der Waals surface area contributed by atoms with Crippen molar-refractivity contribution >= 4 is 68.1 Å². The van der Waals surface area contributed by atoms with Crippen molar-refractivity contribution in [3.63, 3.8) is 0 Å². The third kappa shape index (κ3) is 7.01. The van der Waals surface area contributed by atoms with Crippen LogP contribution in [0.2, 0.25) is 0 Å². The fourth-order valence-corrected chi connectivity index (χ4v) is 5.22. The van der Waals surface area contributed by atoms with E-state index >= 15 is 0 Å². The molecule has 1 aromatic rings. The number of halogens is 6. The molecule has 0 spiro atoms. The van der Waals surface area contributed by atoms with Gasteiger partial charge in [0, 0.05) is 18.0 Å². The van der Waals surface area contributed by atoms with E-state index in [-0.39, 0.29) is 34.2 Å². The highest BCUT2D eigenvalue weighted by Gasteiger charge is 2.52. The van der Waals surface area contributed by atoms with E-state index in [9.17, 15) is 18.0 Å². The highest BCUT2D eigenvalue weighted by Crippen LogP contribution is 2.40. The number of hydrogen-bond acceptors (Lipinski definition) is 4. The van der Waals surface area contributed by atoms with Gasteiger partial charge in [0.2, 0.25) is 0 Å². The largest absolute Gasteiger partial charge is 0.417 e. The first-order chi connectivity index (χ1) is 16.4. The quantitative estimate of drug-likeness (QED) is 0.199. The van der Waals surface area contributed by atoms with Crippen LogP contribution in [-0.2, 0) is 15.7 Å². The van der Waals surface area contributed by atoms with Crippen LogP contribution in [0.3, 0.4) is 0 Å². The minimum atomic E-state index is -4.71. The van der Waals surface area contributed by atoms with Gasteiger partial charge in [-0.15, -0.1) is 23.2 Å². The molecule has 1 aliphatic heterocycles. The maximum Gasteiger partial charge on any atom is 0.417 e. The Labute approximate surface area is 227 Å². The van der Waals surface area contributed by atoms with Crippen LogP contribution < -0.4 is 4.90 Å². The summed E-state index contributed by atoms with van der Waals surface area (Å²) in [6.07, 6.45) is -0.360. The van der Waals surface area contributed by atoms with E-state index in [1.807, 2.05) is 4.90 Å². The molecule has 5 nitrogen and oxygen atoms in total. The summed E-state index contributed by atoms with van der Waals surface area (Å²) >= 11 is 18.5. The number of thiocarbonyl (C=S) groups is 1. The van der Waals surface area contributed by atoms with E-state index in [2.05, 4.69) is 15.9 Å².